The number of aliphatic hydroxyl groups excluding tert-OH is 1. The quantitative estimate of drug-likeness (QED) is 0.424. The van der Waals surface area contributed by atoms with Gasteiger partial charge in [0.15, 0.2) is 11.5 Å². The Balaban J connectivity index is 0.00000289. The lowest BCUT2D eigenvalue weighted by Crippen LogP contribution is -2.34. The molecule has 2 N–H and O–H groups in total. The first kappa shape index (κ1) is 24.2. The standard InChI is InChI=1S/C22H22BrFN4O3.ClH/c1-30-20-9-16-19(10-21(20)31-12-15(29)11-28-6-2-3-7-28)25-13-26-22(16)27-18-5-4-14(23)8-17(18)24;/h2-5,8-10,13,15,29H,6-7,11-12H2,1H3,(H,25,26,27);1H. The molecule has 0 aliphatic carbocycles. The third kappa shape index (κ3) is 5.66. The van der Waals surface area contributed by atoms with E-state index < -0.39 is 11.9 Å². The SMILES string of the molecule is COc1cc2c(Nc3ccc(Br)cc3F)ncnc2cc1OCC(O)CN1CC=CC1.Cl. The highest BCUT2D eigenvalue weighted by Gasteiger charge is 2.16. The van der Waals surface area contributed by atoms with Crippen LogP contribution in [0.4, 0.5) is 15.9 Å². The Morgan fingerprint density at radius 1 is 1.19 bits per heavy atom. The van der Waals surface area contributed by atoms with Crippen LogP contribution in [0.25, 0.3) is 10.9 Å². The lowest BCUT2D eigenvalue weighted by molar-refractivity contribution is 0.0762. The van der Waals surface area contributed by atoms with E-state index in [1.165, 1.54) is 19.5 Å². The summed E-state index contributed by atoms with van der Waals surface area (Å²) in [5.41, 5.74) is 0.895. The van der Waals surface area contributed by atoms with Crippen molar-refractivity contribution < 1.29 is 19.0 Å². The van der Waals surface area contributed by atoms with Crippen LogP contribution >= 0.6 is 28.3 Å². The molecule has 0 saturated carbocycles. The average Bonchev–Trinajstić information content (AvgIpc) is 3.26. The summed E-state index contributed by atoms with van der Waals surface area (Å²) in [6.07, 6.45) is 4.91. The van der Waals surface area contributed by atoms with Crippen molar-refractivity contribution in [3.8, 4) is 11.5 Å². The van der Waals surface area contributed by atoms with E-state index in [1.54, 1.807) is 24.3 Å². The van der Waals surface area contributed by atoms with E-state index >= 15 is 0 Å². The number of ether oxygens (including phenoxy) is 2. The Morgan fingerprint density at radius 3 is 2.69 bits per heavy atom. The van der Waals surface area contributed by atoms with Crippen LogP contribution in [0.2, 0.25) is 0 Å². The lowest BCUT2D eigenvalue weighted by Gasteiger charge is -2.20. The third-order valence-electron chi connectivity index (χ3n) is 4.90. The van der Waals surface area contributed by atoms with Gasteiger partial charge in [-0.15, -0.1) is 12.4 Å². The summed E-state index contributed by atoms with van der Waals surface area (Å²) in [5.74, 6) is 0.970. The van der Waals surface area contributed by atoms with Gasteiger partial charge in [-0.25, -0.2) is 14.4 Å². The predicted octanol–water partition coefficient (Wildman–Crippen LogP) is 4.32. The minimum atomic E-state index is -0.636. The summed E-state index contributed by atoms with van der Waals surface area (Å²) in [6, 6.07) is 8.20. The second kappa shape index (κ2) is 10.9. The number of methoxy groups -OCH3 is 1. The molecular weight excluding hydrogens is 503 g/mol. The second-order valence-electron chi connectivity index (χ2n) is 7.15. The van der Waals surface area contributed by atoms with Crippen molar-refractivity contribution >= 4 is 50.7 Å². The number of fused-ring (bicyclic) bond motifs is 1. The van der Waals surface area contributed by atoms with Gasteiger partial charge in [0.25, 0.3) is 0 Å². The number of hydrogen-bond donors (Lipinski definition) is 2. The van der Waals surface area contributed by atoms with Crippen LogP contribution < -0.4 is 14.8 Å². The van der Waals surface area contributed by atoms with E-state index in [0.717, 1.165) is 13.1 Å². The number of aliphatic hydroxyl groups is 1. The molecule has 1 aromatic heterocycles. The zero-order valence-corrected chi connectivity index (χ0v) is 19.7. The zero-order chi connectivity index (χ0) is 21.8. The Kier molecular flexibility index (Phi) is 8.25. The van der Waals surface area contributed by atoms with Crippen LogP contribution in [0.5, 0.6) is 11.5 Å². The minimum absolute atomic E-state index is 0. The van der Waals surface area contributed by atoms with Crippen molar-refractivity contribution in [2.24, 2.45) is 0 Å². The first-order chi connectivity index (χ1) is 15.0. The summed E-state index contributed by atoms with van der Waals surface area (Å²) in [7, 11) is 1.53. The number of rotatable bonds is 8. The normalized spacial score (nSPS) is 14.2. The first-order valence-electron chi connectivity index (χ1n) is 9.76. The van der Waals surface area contributed by atoms with Crippen LogP contribution in [0, 0.1) is 5.82 Å². The van der Waals surface area contributed by atoms with E-state index in [0.29, 0.717) is 44.9 Å². The number of hydrogen-bond acceptors (Lipinski definition) is 7. The predicted molar refractivity (Wildman–Crippen MR) is 128 cm³/mol. The van der Waals surface area contributed by atoms with Crippen molar-refractivity contribution in [3.63, 3.8) is 0 Å². The van der Waals surface area contributed by atoms with Gasteiger partial charge in [0, 0.05) is 35.6 Å². The summed E-state index contributed by atoms with van der Waals surface area (Å²) in [6.45, 7) is 2.32. The molecule has 1 aliphatic heterocycles. The minimum Gasteiger partial charge on any atom is -0.493 e. The Labute approximate surface area is 199 Å². The molecule has 4 rings (SSSR count). The van der Waals surface area contributed by atoms with E-state index in [9.17, 15) is 9.50 Å². The van der Waals surface area contributed by atoms with Gasteiger partial charge < -0.3 is 19.9 Å². The highest BCUT2D eigenvalue weighted by atomic mass is 79.9. The van der Waals surface area contributed by atoms with Gasteiger partial charge in [-0.1, -0.05) is 28.1 Å². The molecule has 0 amide bonds. The van der Waals surface area contributed by atoms with Crippen LogP contribution in [0.15, 0.2) is 53.3 Å². The van der Waals surface area contributed by atoms with Gasteiger partial charge >= 0.3 is 0 Å². The average molecular weight is 526 g/mol. The number of β-amino-alcohol motifs (C(OH)–C–C–N with tert-alkyl or cyclic N) is 1. The monoisotopic (exact) mass is 524 g/mol. The number of halogens is 3. The van der Waals surface area contributed by atoms with Crippen molar-refractivity contribution in [2.75, 3.05) is 38.7 Å². The second-order valence-corrected chi connectivity index (χ2v) is 8.06. The van der Waals surface area contributed by atoms with Gasteiger partial charge in [0.2, 0.25) is 0 Å². The van der Waals surface area contributed by atoms with E-state index in [2.05, 4.69) is 48.3 Å². The smallest absolute Gasteiger partial charge is 0.163 e. The summed E-state index contributed by atoms with van der Waals surface area (Å²) >= 11 is 3.25. The van der Waals surface area contributed by atoms with Crippen LogP contribution in [-0.4, -0.2) is 59.4 Å². The molecule has 2 heterocycles. The Bertz CT molecular complexity index is 1110. The molecule has 7 nitrogen and oxygen atoms in total. The van der Waals surface area contributed by atoms with Gasteiger partial charge in [-0.2, -0.15) is 0 Å². The summed E-state index contributed by atoms with van der Waals surface area (Å²) < 4.78 is 26.2. The Hall–Kier alpha value is -2.46. The number of nitrogens with zero attached hydrogens (tertiary/aromatic N) is 3. The first-order valence-corrected chi connectivity index (χ1v) is 10.6. The van der Waals surface area contributed by atoms with Crippen LogP contribution in [0.1, 0.15) is 0 Å². The van der Waals surface area contributed by atoms with E-state index in [-0.39, 0.29) is 19.0 Å². The molecule has 10 heteroatoms. The number of nitrogens with one attached hydrogen (secondary N) is 1. The maximum absolute atomic E-state index is 14.3. The molecule has 0 spiro atoms. The number of aromatic nitrogens is 2. The molecule has 1 unspecified atom stereocenters. The molecule has 3 aromatic rings. The molecule has 32 heavy (non-hydrogen) atoms. The van der Waals surface area contributed by atoms with Gasteiger partial charge in [-0.05, 0) is 24.3 Å². The molecule has 1 aliphatic rings. The number of benzene rings is 2. The largest absolute Gasteiger partial charge is 0.493 e. The molecule has 170 valence electrons. The maximum Gasteiger partial charge on any atom is 0.163 e. The van der Waals surface area contributed by atoms with E-state index in [4.69, 9.17) is 9.47 Å². The molecule has 2 aromatic carbocycles. The third-order valence-corrected chi connectivity index (χ3v) is 5.39. The van der Waals surface area contributed by atoms with Crippen molar-refractivity contribution in [2.45, 2.75) is 6.10 Å². The zero-order valence-electron chi connectivity index (χ0n) is 17.3. The van der Waals surface area contributed by atoms with Crippen molar-refractivity contribution in [3.05, 3.63) is 59.1 Å². The fourth-order valence-corrected chi connectivity index (χ4v) is 3.70. The molecule has 0 fully saturated rings. The van der Waals surface area contributed by atoms with Gasteiger partial charge in [-0.3, -0.25) is 4.90 Å². The van der Waals surface area contributed by atoms with Crippen molar-refractivity contribution in [1.29, 1.82) is 0 Å². The van der Waals surface area contributed by atoms with Gasteiger partial charge in [0.05, 0.1) is 18.3 Å². The molecule has 0 saturated heterocycles. The fourth-order valence-electron chi connectivity index (χ4n) is 3.36. The molecule has 0 bridgehead atoms. The highest BCUT2D eigenvalue weighted by molar-refractivity contribution is 9.10. The van der Waals surface area contributed by atoms with Gasteiger partial charge in [0.1, 0.15) is 30.7 Å². The topological polar surface area (TPSA) is 79.7 Å². The molecular formula is C22H23BrClFN4O3. The van der Waals surface area contributed by atoms with Crippen LogP contribution in [-0.2, 0) is 0 Å². The fraction of sp³-hybridized carbons (Fsp3) is 0.273. The van der Waals surface area contributed by atoms with Crippen molar-refractivity contribution in [1.82, 2.24) is 14.9 Å². The lowest BCUT2D eigenvalue weighted by atomic mass is 10.2. The van der Waals surface area contributed by atoms with E-state index in [1.807, 2.05) is 0 Å². The number of anilines is 2. The maximum atomic E-state index is 14.3. The highest BCUT2D eigenvalue weighted by Crippen LogP contribution is 2.35. The molecule has 1 atom stereocenters. The summed E-state index contributed by atoms with van der Waals surface area (Å²) in [5, 5.41) is 14.0. The summed E-state index contributed by atoms with van der Waals surface area (Å²) in [4.78, 5) is 10.7. The van der Waals surface area contributed by atoms with Crippen LogP contribution in [0.3, 0.4) is 0 Å². The molecule has 0 radical (unpaired) electrons. The Morgan fingerprint density at radius 2 is 1.97 bits per heavy atom.